The molecule has 88 valence electrons. The van der Waals surface area contributed by atoms with Crippen LogP contribution in [0.2, 0.25) is 0 Å². The first-order valence-corrected chi connectivity index (χ1v) is 5.63. The third-order valence-electron chi connectivity index (χ3n) is 3.55. The lowest BCUT2D eigenvalue weighted by Crippen LogP contribution is -2.57. The van der Waals surface area contributed by atoms with Crippen LogP contribution in [0.15, 0.2) is 0 Å². The first-order valence-electron chi connectivity index (χ1n) is 5.63. The summed E-state index contributed by atoms with van der Waals surface area (Å²) in [5.41, 5.74) is 5.60. The number of amides is 1. The lowest BCUT2D eigenvalue weighted by atomic mass is 9.75. The van der Waals surface area contributed by atoms with Crippen molar-refractivity contribution in [3.05, 3.63) is 0 Å². The van der Waals surface area contributed by atoms with E-state index in [-0.39, 0.29) is 11.4 Å². The SMILES string of the molecule is CN(CC1(N(C)C)CCC1)C(=O)CCN. The molecule has 1 saturated carbocycles. The van der Waals surface area contributed by atoms with Crippen LogP contribution in [0, 0.1) is 0 Å². The maximum atomic E-state index is 11.6. The molecule has 0 bridgehead atoms. The van der Waals surface area contributed by atoms with Gasteiger partial charge in [0.15, 0.2) is 0 Å². The minimum Gasteiger partial charge on any atom is -0.344 e. The van der Waals surface area contributed by atoms with Crippen LogP contribution in [0.3, 0.4) is 0 Å². The molecule has 2 N–H and O–H groups in total. The number of carbonyl (C=O) groups is 1. The van der Waals surface area contributed by atoms with Crippen molar-refractivity contribution in [2.24, 2.45) is 5.73 Å². The second-order valence-corrected chi connectivity index (χ2v) is 4.76. The molecule has 1 amide bonds. The van der Waals surface area contributed by atoms with Crippen LogP contribution in [-0.2, 0) is 4.79 Å². The number of nitrogens with zero attached hydrogens (tertiary/aromatic N) is 2. The summed E-state index contributed by atoms with van der Waals surface area (Å²) in [6.07, 6.45) is 4.12. The fourth-order valence-corrected chi connectivity index (χ4v) is 2.18. The Morgan fingerprint density at radius 2 is 1.93 bits per heavy atom. The van der Waals surface area contributed by atoms with Crippen molar-refractivity contribution in [2.45, 2.75) is 31.2 Å². The summed E-state index contributed by atoms with van der Waals surface area (Å²) in [5, 5.41) is 0. The molecule has 0 spiro atoms. The van der Waals surface area contributed by atoms with Gasteiger partial charge in [-0.25, -0.2) is 0 Å². The van der Waals surface area contributed by atoms with E-state index in [0.717, 1.165) is 6.54 Å². The average molecular weight is 213 g/mol. The van der Waals surface area contributed by atoms with E-state index in [2.05, 4.69) is 19.0 Å². The first kappa shape index (κ1) is 12.5. The molecule has 1 rings (SSSR count). The molecule has 4 nitrogen and oxygen atoms in total. The Bertz CT molecular complexity index is 224. The number of rotatable bonds is 5. The molecule has 0 aromatic heterocycles. The van der Waals surface area contributed by atoms with Gasteiger partial charge in [0, 0.05) is 32.1 Å². The fraction of sp³-hybridized carbons (Fsp3) is 0.909. The van der Waals surface area contributed by atoms with Gasteiger partial charge in [0.05, 0.1) is 0 Å². The van der Waals surface area contributed by atoms with E-state index >= 15 is 0 Å². The highest BCUT2D eigenvalue weighted by Crippen LogP contribution is 2.36. The number of carbonyl (C=O) groups excluding carboxylic acids is 1. The molecule has 0 radical (unpaired) electrons. The van der Waals surface area contributed by atoms with Crippen LogP contribution in [-0.4, -0.2) is 55.5 Å². The maximum Gasteiger partial charge on any atom is 0.223 e. The molecule has 0 atom stereocenters. The third-order valence-corrected chi connectivity index (χ3v) is 3.55. The van der Waals surface area contributed by atoms with Gasteiger partial charge in [0.1, 0.15) is 0 Å². The summed E-state index contributed by atoms with van der Waals surface area (Å²) in [6, 6.07) is 0. The zero-order valence-corrected chi connectivity index (χ0v) is 10.1. The molecule has 1 fully saturated rings. The van der Waals surface area contributed by atoms with Gasteiger partial charge >= 0.3 is 0 Å². The van der Waals surface area contributed by atoms with Crippen molar-refractivity contribution in [2.75, 3.05) is 34.2 Å². The summed E-state index contributed by atoms with van der Waals surface area (Å²) in [6.45, 7) is 1.27. The summed E-state index contributed by atoms with van der Waals surface area (Å²) in [5.74, 6) is 0.158. The molecule has 0 aromatic carbocycles. The second kappa shape index (κ2) is 4.94. The Morgan fingerprint density at radius 1 is 1.33 bits per heavy atom. The maximum absolute atomic E-state index is 11.6. The van der Waals surface area contributed by atoms with E-state index < -0.39 is 0 Å². The van der Waals surface area contributed by atoms with Gasteiger partial charge in [-0.05, 0) is 33.4 Å². The Kier molecular flexibility index (Phi) is 4.11. The van der Waals surface area contributed by atoms with Gasteiger partial charge in [-0.1, -0.05) is 0 Å². The fourth-order valence-electron chi connectivity index (χ4n) is 2.18. The minimum atomic E-state index is 0.158. The Morgan fingerprint density at radius 3 is 2.27 bits per heavy atom. The monoisotopic (exact) mass is 213 g/mol. The van der Waals surface area contributed by atoms with Crippen LogP contribution in [0.4, 0.5) is 0 Å². The molecular weight excluding hydrogens is 190 g/mol. The van der Waals surface area contributed by atoms with Crippen LogP contribution in [0.25, 0.3) is 0 Å². The normalized spacial score (nSPS) is 18.7. The Labute approximate surface area is 92.4 Å². The highest BCUT2D eigenvalue weighted by molar-refractivity contribution is 5.76. The van der Waals surface area contributed by atoms with Gasteiger partial charge in [0.2, 0.25) is 5.91 Å². The van der Waals surface area contributed by atoms with Crippen LogP contribution >= 0.6 is 0 Å². The predicted molar refractivity (Wildman–Crippen MR) is 61.6 cm³/mol. The Balaban J connectivity index is 2.48. The molecule has 0 saturated heterocycles. The zero-order valence-electron chi connectivity index (χ0n) is 10.1. The average Bonchev–Trinajstić information content (AvgIpc) is 2.10. The van der Waals surface area contributed by atoms with E-state index in [9.17, 15) is 4.79 Å². The quantitative estimate of drug-likeness (QED) is 0.713. The largest absolute Gasteiger partial charge is 0.344 e. The predicted octanol–water partition coefficient (Wildman–Crippen LogP) is 0.278. The van der Waals surface area contributed by atoms with Gasteiger partial charge in [-0.15, -0.1) is 0 Å². The summed E-state index contributed by atoms with van der Waals surface area (Å²) < 4.78 is 0. The molecule has 0 aliphatic heterocycles. The summed E-state index contributed by atoms with van der Waals surface area (Å²) in [7, 11) is 6.07. The van der Waals surface area contributed by atoms with E-state index in [4.69, 9.17) is 5.73 Å². The Hall–Kier alpha value is -0.610. The number of likely N-dealkylation sites (N-methyl/N-ethyl adjacent to an activating group) is 2. The van der Waals surface area contributed by atoms with Crippen molar-refractivity contribution in [1.29, 1.82) is 0 Å². The van der Waals surface area contributed by atoms with E-state index in [1.807, 2.05) is 11.9 Å². The standard InChI is InChI=1S/C11H23N3O/c1-13(2)11(6-4-7-11)9-14(3)10(15)5-8-12/h4-9,12H2,1-3H3. The van der Waals surface area contributed by atoms with E-state index in [1.165, 1.54) is 19.3 Å². The molecule has 0 unspecified atom stereocenters. The van der Waals surface area contributed by atoms with Gasteiger partial charge in [0.25, 0.3) is 0 Å². The molecule has 15 heavy (non-hydrogen) atoms. The lowest BCUT2D eigenvalue weighted by molar-refractivity contribution is -0.132. The molecule has 1 aliphatic rings. The van der Waals surface area contributed by atoms with E-state index in [1.54, 1.807) is 0 Å². The highest BCUT2D eigenvalue weighted by Gasteiger charge is 2.40. The third kappa shape index (κ3) is 2.69. The summed E-state index contributed by atoms with van der Waals surface area (Å²) in [4.78, 5) is 15.7. The molecule has 1 aliphatic carbocycles. The zero-order chi connectivity index (χ0) is 11.5. The van der Waals surface area contributed by atoms with Crippen molar-refractivity contribution in [1.82, 2.24) is 9.80 Å². The number of nitrogens with two attached hydrogens (primary N) is 1. The lowest BCUT2D eigenvalue weighted by Gasteiger charge is -2.49. The minimum absolute atomic E-state index is 0.158. The van der Waals surface area contributed by atoms with Crippen molar-refractivity contribution < 1.29 is 4.79 Å². The smallest absolute Gasteiger partial charge is 0.223 e. The highest BCUT2D eigenvalue weighted by atomic mass is 16.2. The van der Waals surface area contributed by atoms with Gasteiger partial charge < -0.3 is 15.5 Å². The van der Waals surface area contributed by atoms with Crippen molar-refractivity contribution >= 4 is 5.91 Å². The molecule has 0 heterocycles. The van der Waals surface area contributed by atoms with Gasteiger partial charge in [-0.3, -0.25) is 4.79 Å². The number of hydrogen-bond acceptors (Lipinski definition) is 3. The molecule has 4 heteroatoms. The van der Waals surface area contributed by atoms with E-state index in [0.29, 0.717) is 13.0 Å². The molecular formula is C11H23N3O. The topological polar surface area (TPSA) is 49.6 Å². The van der Waals surface area contributed by atoms with Crippen molar-refractivity contribution in [3.8, 4) is 0 Å². The van der Waals surface area contributed by atoms with Crippen LogP contribution in [0.1, 0.15) is 25.7 Å². The van der Waals surface area contributed by atoms with Crippen LogP contribution in [0.5, 0.6) is 0 Å². The van der Waals surface area contributed by atoms with Gasteiger partial charge in [-0.2, -0.15) is 0 Å². The van der Waals surface area contributed by atoms with Crippen molar-refractivity contribution in [3.63, 3.8) is 0 Å². The first-order chi connectivity index (χ1) is 7.02. The second-order valence-electron chi connectivity index (χ2n) is 4.76. The summed E-state index contributed by atoms with van der Waals surface area (Å²) >= 11 is 0. The van der Waals surface area contributed by atoms with Crippen LogP contribution < -0.4 is 5.73 Å². The molecule has 0 aromatic rings. The number of hydrogen-bond donors (Lipinski definition) is 1.